The van der Waals surface area contributed by atoms with E-state index in [1.54, 1.807) is 0 Å². The summed E-state index contributed by atoms with van der Waals surface area (Å²) in [6, 6.07) is 5.01. The molecule has 3 rings (SSSR count). The quantitative estimate of drug-likeness (QED) is 0.817. The van der Waals surface area contributed by atoms with Gasteiger partial charge in [0.1, 0.15) is 11.5 Å². The molecule has 2 aliphatic carbocycles. The minimum absolute atomic E-state index is 0.707. The average Bonchev–Trinajstić information content (AvgIpc) is 3.06. The van der Waals surface area contributed by atoms with Crippen LogP contribution in [0.3, 0.4) is 0 Å². The molecule has 2 nitrogen and oxygen atoms in total. The van der Waals surface area contributed by atoms with Crippen LogP contribution in [-0.4, -0.2) is 6.04 Å². The molecular weight excluding hydrogens is 186 g/mol. The van der Waals surface area contributed by atoms with Crippen molar-refractivity contribution in [1.29, 1.82) is 0 Å². The monoisotopic (exact) mass is 205 g/mol. The Morgan fingerprint density at radius 3 is 2.60 bits per heavy atom. The highest BCUT2D eigenvalue weighted by Gasteiger charge is 2.36. The van der Waals surface area contributed by atoms with Gasteiger partial charge in [-0.05, 0) is 36.8 Å². The van der Waals surface area contributed by atoms with Gasteiger partial charge in [0.25, 0.3) is 0 Å². The van der Waals surface area contributed by atoms with E-state index in [-0.39, 0.29) is 0 Å². The fourth-order valence-electron chi connectivity index (χ4n) is 2.25. The maximum atomic E-state index is 5.83. The van der Waals surface area contributed by atoms with Crippen LogP contribution in [0.2, 0.25) is 0 Å². The molecule has 0 spiro atoms. The van der Waals surface area contributed by atoms with E-state index in [4.69, 9.17) is 4.42 Å². The van der Waals surface area contributed by atoms with Crippen molar-refractivity contribution in [2.24, 2.45) is 11.8 Å². The van der Waals surface area contributed by atoms with E-state index in [9.17, 15) is 0 Å². The number of hydrogen-bond donors (Lipinski definition) is 1. The van der Waals surface area contributed by atoms with E-state index in [0.717, 1.165) is 30.2 Å². The molecule has 0 aliphatic heterocycles. The van der Waals surface area contributed by atoms with Crippen molar-refractivity contribution in [1.82, 2.24) is 5.32 Å². The minimum atomic E-state index is 0.707. The van der Waals surface area contributed by atoms with E-state index in [1.165, 1.54) is 18.6 Å². The summed E-state index contributed by atoms with van der Waals surface area (Å²) in [6.07, 6.45) is 2.63. The Bertz CT molecular complexity index is 357. The summed E-state index contributed by atoms with van der Waals surface area (Å²) in [7, 11) is 0. The van der Waals surface area contributed by atoms with Gasteiger partial charge in [-0.25, -0.2) is 0 Å². The Kier molecular flexibility index (Phi) is 2.13. The van der Waals surface area contributed by atoms with Gasteiger partial charge in [-0.3, -0.25) is 0 Å². The van der Waals surface area contributed by atoms with Crippen LogP contribution in [0.5, 0.6) is 0 Å². The third-order valence-electron chi connectivity index (χ3n) is 3.81. The van der Waals surface area contributed by atoms with E-state index >= 15 is 0 Å². The third kappa shape index (κ3) is 1.96. The van der Waals surface area contributed by atoms with Crippen LogP contribution >= 0.6 is 0 Å². The molecule has 1 N–H and O–H groups in total. The molecule has 4 unspecified atom stereocenters. The molecule has 0 saturated heterocycles. The van der Waals surface area contributed by atoms with Crippen molar-refractivity contribution >= 4 is 0 Å². The normalized spacial score (nSPS) is 38.0. The minimum Gasteiger partial charge on any atom is -0.464 e. The second-order valence-electron chi connectivity index (χ2n) is 5.32. The number of hydrogen-bond acceptors (Lipinski definition) is 2. The molecule has 0 amide bonds. The summed E-state index contributed by atoms with van der Waals surface area (Å²) >= 11 is 0. The predicted molar refractivity (Wildman–Crippen MR) is 59.6 cm³/mol. The highest BCUT2D eigenvalue weighted by Crippen LogP contribution is 2.47. The third-order valence-corrected chi connectivity index (χ3v) is 3.81. The summed E-state index contributed by atoms with van der Waals surface area (Å²) in [6.45, 7) is 5.48. The van der Waals surface area contributed by atoms with Gasteiger partial charge in [-0.1, -0.05) is 13.8 Å². The van der Waals surface area contributed by atoms with E-state index in [2.05, 4.69) is 31.3 Å². The molecule has 1 aromatic heterocycles. The first-order chi connectivity index (χ1) is 7.24. The Morgan fingerprint density at radius 1 is 1.27 bits per heavy atom. The number of nitrogens with one attached hydrogen (secondary N) is 1. The molecule has 0 bridgehead atoms. The van der Waals surface area contributed by atoms with E-state index in [0.29, 0.717) is 5.92 Å². The summed E-state index contributed by atoms with van der Waals surface area (Å²) < 4.78 is 5.83. The summed E-state index contributed by atoms with van der Waals surface area (Å²) in [4.78, 5) is 0. The van der Waals surface area contributed by atoms with Crippen molar-refractivity contribution in [2.45, 2.75) is 45.2 Å². The van der Waals surface area contributed by atoms with Crippen LogP contribution in [0.25, 0.3) is 0 Å². The zero-order chi connectivity index (χ0) is 10.4. The lowest BCUT2D eigenvalue weighted by molar-refractivity contribution is 0.441. The number of rotatable bonds is 4. The molecule has 2 fully saturated rings. The van der Waals surface area contributed by atoms with Gasteiger partial charge < -0.3 is 9.73 Å². The molecule has 4 atom stereocenters. The Morgan fingerprint density at radius 2 is 2.00 bits per heavy atom. The standard InChI is InChI=1S/C13H19NO/c1-8-5-11(8)13-4-3-10(15-13)7-14-12-6-9(12)2/h3-4,8-9,11-12,14H,5-7H2,1-2H3. The lowest BCUT2D eigenvalue weighted by atomic mass is 10.3. The molecule has 0 aromatic carbocycles. The van der Waals surface area contributed by atoms with Gasteiger partial charge in [0.2, 0.25) is 0 Å². The first-order valence-corrected chi connectivity index (χ1v) is 6.06. The number of furan rings is 1. The Hall–Kier alpha value is -0.760. The maximum Gasteiger partial charge on any atom is 0.117 e. The van der Waals surface area contributed by atoms with Crippen LogP contribution in [0, 0.1) is 11.8 Å². The highest BCUT2D eigenvalue weighted by atomic mass is 16.3. The first kappa shape index (κ1) is 9.46. The topological polar surface area (TPSA) is 25.2 Å². The van der Waals surface area contributed by atoms with Gasteiger partial charge in [0, 0.05) is 12.0 Å². The van der Waals surface area contributed by atoms with Crippen LogP contribution in [0.4, 0.5) is 0 Å². The highest BCUT2D eigenvalue weighted by molar-refractivity contribution is 5.17. The molecule has 1 heterocycles. The zero-order valence-corrected chi connectivity index (χ0v) is 9.49. The van der Waals surface area contributed by atoms with Crippen molar-refractivity contribution < 1.29 is 4.42 Å². The van der Waals surface area contributed by atoms with Gasteiger partial charge in [0.15, 0.2) is 0 Å². The van der Waals surface area contributed by atoms with Gasteiger partial charge >= 0.3 is 0 Å². The Balaban J connectivity index is 1.54. The largest absolute Gasteiger partial charge is 0.464 e. The van der Waals surface area contributed by atoms with Crippen LogP contribution in [0.1, 0.15) is 44.1 Å². The smallest absolute Gasteiger partial charge is 0.117 e. The molecule has 0 radical (unpaired) electrons. The first-order valence-electron chi connectivity index (χ1n) is 6.06. The molecule has 15 heavy (non-hydrogen) atoms. The summed E-state index contributed by atoms with van der Waals surface area (Å²) in [5, 5.41) is 3.51. The van der Waals surface area contributed by atoms with Crippen molar-refractivity contribution in [2.75, 3.05) is 0 Å². The van der Waals surface area contributed by atoms with E-state index in [1.807, 2.05) is 0 Å². The SMILES string of the molecule is CC1CC1NCc1ccc(C2CC2C)o1. The second kappa shape index (κ2) is 3.38. The Labute approximate surface area is 91.0 Å². The lowest BCUT2D eigenvalue weighted by Crippen LogP contribution is -2.16. The van der Waals surface area contributed by atoms with Crippen molar-refractivity contribution in [3.05, 3.63) is 23.7 Å². The average molecular weight is 205 g/mol. The second-order valence-corrected chi connectivity index (χ2v) is 5.32. The molecule has 2 saturated carbocycles. The predicted octanol–water partition coefficient (Wildman–Crippen LogP) is 2.90. The van der Waals surface area contributed by atoms with E-state index < -0.39 is 0 Å². The van der Waals surface area contributed by atoms with Gasteiger partial charge in [-0.2, -0.15) is 0 Å². The molecule has 82 valence electrons. The fraction of sp³-hybridized carbons (Fsp3) is 0.692. The van der Waals surface area contributed by atoms with Crippen molar-refractivity contribution in [3.8, 4) is 0 Å². The van der Waals surface area contributed by atoms with Crippen LogP contribution < -0.4 is 5.32 Å². The van der Waals surface area contributed by atoms with Gasteiger partial charge in [0.05, 0.1) is 6.54 Å². The molecule has 2 aliphatic rings. The lowest BCUT2D eigenvalue weighted by Gasteiger charge is -1.99. The molecule has 2 heteroatoms. The van der Waals surface area contributed by atoms with Gasteiger partial charge in [-0.15, -0.1) is 0 Å². The molecular formula is C13H19NO. The summed E-state index contributed by atoms with van der Waals surface area (Å²) in [5.41, 5.74) is 0. The van der Waals surface area contributed by atoms with Crippen LogP contribution in [-0.2, 0) is 6.54 Å². The van der Waals surface area contributed by atoms with Crippen LogP contribution in [0.15, 0.2) is 16.5 Å². The summed E-state index contributed by atoms with van der Waals surface area (Å²) in [5.74, 6) is 4.70. The maximum absolute atomic E-state index is 5.83. The fourth-order valence-corrected chi connectivity index (χ4v) is 2.25. The molecule has 1 aromatic rings. The zero-order valence-electron chi connectivity index (χ0n) is 9.49. The van der Waals surface area contributed by atoms with Crippen molar-refractivity contribution in [3.63, 3.8) is 0 Å².